The highest BCUT2D eigenvalue weighted by molar-refractivity contribution is 5.85. The lowest BCUT2D eigenvalue weighted by Crippen LogP contribution is -2.51. The van der Waals surface area contributed by atoms with Gasteiger partial charge in [-0.15, -0.1) is 0 Å². The van der Waals surface area contributed by atoms with Crippen LogP contribution in [0.5, 0.6) is 0 Å². The van der Waals surface area contributed by atoms with Gasteiger partial charge in [0.05, 0.1) is 23.9 Å². The number of aromatic nitrogens is 1. The predicted molar refractivity (Wildman–Crippen MR) is 78.3 cm³/mol. The van der Waals surface area contributed by atoms with Crippen molar-refractivity contribution in [3.8, 4) is 0 Å². The molecule has 0 spiro atoms. The van der Waals surface area contributed by atoms with Gasteiger partial charge < -0.3 is 14.9 Å². The first-order valence-corrected chi connectivity index (χ1v) is 6.97. The minimum atomic E-state index is -0.136. The van der Waals surface area contributed by atoms with Crippen molar-refractivity contribution in [2.75, 3.05) is 18.8 Å². The molecule has 0 bridgehead atoms. The molecule has 2 N–H and O–H groups in total. The highest BCUT2D eigenvalue weighted by Gasteiger charge is 2.31. The summed E-state index contributed by atoms with van der Waals surface area (Å²) in [6, 6.07) is 5.62. The number of fused-ring (bicyclic) bond motifs is 1. The Morgan fingerprint density at radius 3 is 2.95 bits per heavy atom. The Hall–Kier alpha value is -1.59. The first kappa shape index (κ1) is 13.4. The molecule has 20 heavy (non-hydrogen) atoms. The first-order chi connectivity index (χ1) is 9.43. The fourth-order valence-electron chi connectivity index (χ4n) is 2.98. The topological polar surface area (TPSA) is 64.5 Å². The maximum absolute atomic E-state index is 5.91. The lowest BCUT2D eigenvalue weighted by atomic mass is 10.1. The number of morpholine rings is 1. The third-order valence-corrected chi connectivity index (χ3v) is 3.49. The molecule has 2 heterocycles. The van der Waals surface area contributed by atoms with Gasteiger partial charge in [-0.3, -0.25) is 4.90 Å². The summed E-state index contributed by atoms with van der Waals surface area (Å²) in [5.74, 6) is 0.711. The molecule has 1 fully saturated rings. The van der Waals surface area contributed by atoms with Crippen LogP contribution in [-0.4, -0.2) is 34.7 Å². The van der Waals surface area contributed by atoms with Crippen LogP contribution in [-0.2, 0) is 11.3 Å². The Balaban J connectivity index is 1.81. The zero-order valence-electron chi connectivity index (χ0n) is 12.2. The van der Waals surface area contributed by atoms with E-state index < -0.39 is 0 Å². The summed E-state index contributed by atoms with van der Waals surface area (Å²) in [5, 5.41) is 0. The number of nitrogens with two attached hydrogens (primary N) is 1. The van der Waals surface area contributed by atoms with Crippen molar-refractivity contribution < 1.29 is 9.15 Å². The maximum atomic E-state index is 5.91. The number of nitrogens with zero attached hydrogens (tertiary/aromatic N) is 2. The molecule has 1 unspecified atom stereocenters. The van der Waals surface area contributed by atoms with E-state index in [2.05, 4.69) is 30.7 Å². The molecule has 108 valence electrons. The fraction of sp³-hybridized carbons (Fsp3) is 0.533. The molecular formula is C15H21N3O2. The Labute approximate surface area is 118 Å². The van der Waals surface area contributed by atoms with Crippen molar-refractivity contribution in [2.45, 2.75) is 39.0 Å². The number of ether oxygens (including phenoxy) is 1. The monoisotopic (exact) mass is 275 g/mol. The third-order valence-electron chi connectivity index (χ3n) is 3.49. The van der Waals surface area contributed by atoms with E-state index in [0.29, 0.717) is 18.1 Å². The molecule has 5 heteroatoms. The van der Waals surface area contributed by atoms with Gasteiger partial charge in [0.1, 0.15) is 5.52 Å². The van der Waals surface area contributed by atoms with E-state index in [9.17, 15) is 0 Å². The first-order valence-electron chi connectivity index (χ1n) is 6.97. The zero-order chi connectivity index (χ0) is 14.3. The number of anilines is 1. The molecule has 1 atom stereocenters. The number of oxazole rings is 1. The van der Waals surface area contributed by atoms with Gasteiger partial charge in [0, 0.05) is 13.1 Å². The van der Waals surface area contributed by atoms with Gasteiger partial charge in [0.15, 0.2) is 5.58 Å². The summed E-state index contributed by atoms with van der Waals surface area (Å²) in [6.07, 6.45) is 0.216. The van der Waals surface area contributed by atoms with Crippen LogP contribution < -0.4 is 5.73 Å². The van der Waals surface area contributed by atoms with E-state index in [1.807, 2.05) is 18.2 Å². The molecule has 1 saturated heterocycles. The lowest BCUT2D eigenvalue weighted by Gasteiger charge is -2.41. The molecule has 0 radical (unpaired) electrons. The van der Waals surface area contributed by atoms with Crippen LogP contribution >= 0.6 is 0 Å². The van der Waals surface area contributed by atoms with Crippen molar-refractivity contribution in [2.24, 2.45) is 0 Å². The van der Waals surface area contributed by atoms with Crippen LogP contribution in [0.1, 0.15) is 26.7 Å². The summed E-state index contributed by atoms with van der Waals surface area (Å²) >= 11 is 0. The number of nitrogen functional groups attached to an aromatic ring is 1. The van der Waals surface area contributed by atoms with Crippen LogP contribution in [0.25, 0.3) is 11.1 Å². The number of benzene rings is 1. The van der Waals surface area contributed by atoms with Crippen molar-refractivity contribution in [1.82, 2.24) is 9.88 Å². The second kappa shape index (κ2) is 4.75. The Morgan fingerprint density at radius 2 is 2.25 bits per heavy atom. The van der Waals surface area contributed by atoms with E-state index in [-0.39, 0.29) is 11.7 Å². The van der Waals surface area contributed by atoms with Gasteiger partial charge in [-0.05, 0) is 32.9 Å². The Bertz CT molecular complexity index is 621. The summed E-state index contributed by atoms with van der Waals surface area (Å²) in [7, 11) is 0. The van der Waals surface area contributed by atoms with E-state index in [4.69, 9.17) is 14.9 Å². The minimum Gasteiger partial charge on any atom is -0.439 e. The second-order valence-electron chi connectivity index (χ2n) is 6.16. The SMILES string of the molecule is CC1CN(Cc2nc3c(N)cccc3o2)CC(C)(C)O1. The predicted octanol–water partition coefficient (Wildman–Crippen LogP) is 2.41. The summed E-state index contributed by atoms with van der Waals surface area (Å²) < 4.78 is 11.7. The average Bonchev–Trinajstić information content (AvgIpc) is 2.70. The van der Waals surface area contributed by atoms with Gasteiger partial charge >= 0.3 is 0 Å². The Kier molecular flexibility index (Phi) is 3.18. The molecule has 1 aromatic heterocycles. The lowest BCUT2D eigenvalue weighted by molar-refractivity contribution is -0.131. The van der Waals surface area contributed by atoms with Crippen molar-refractivity contribution in [3.63, 3.8) is 0 Å². The number of hydrogen-bond acceptors (Lipinski definition) is 5. The normalized spacial score (nSPS) is 23.2. The molecule has 1 aliphatic heterocycles. The van der Waals surface area contributed by atoms with E-state index in [1.54, 1.807) is 0 Å². The van der Waals surface area contributed by atoms with Gasteiger partial charge in [-0.2, -0.15) is 0 Å². The van der Waals surface area contributed by atoms with E-state index >= 15 is 0 Å². The zero-order valence-corrected chi connectivity index (χ0v) is 12.2. The van der Waals surface area contributed by atoms with Gasteiger partial charge in [-0.25, -0.2) is 4.98 Å². The van der Waals surface area contributed by atoms with E-state index in [0.717, 1.165) is 24.2 Å². The summed E-state index contributed by atoms with van der Waals surface area (Å²) in [4.78, 5) is 6.82. The molecule has 3 rings (SSSR count). The van der Waals surface area contributed by atoms with Crippen LogP contribution in [0.3, 0.4) is 0 Å². The molecular weight excluding hydrogens is 254 g/mol. The average molecular weight is 275 g/mol. The van der Waals surface area contributed by atoms with Crippen LogP contribution in [0.2, 0.25) is 0 Å². The van der Waals surface area contributed by atoms with Crippen LogP contribution in [0, 0.1) is 0 Å². The van der Waals surface area contributed by atoms with Crippen molar-refractivity contribution in [3.05, 3.63) is 24.1 Å². The number of para-hydroxylation sites is 1. The summed E-state index contributed by atoms with van der Waals surface area (Å²) in [5.41, 5.74) is 7.94. The minimum absolute atomic E-state index is 0.136. The largest absolute Gasteiger partial charge is 0.439 e. The maximum Gasteiger partial charge on any atom is 0.209 e. The number of rotatable bonds is 2. The molecule has 5 nitrogen and oxygen atoms in total. The molecule has 1 aliphatic rings. The molecule has 1 aromatic carbocycles. The second-order valence-corrected chi connectivity index (χ2v) is 6.16. The van der Waals surface area contributed by atoms with Gasteiger partial charge in [0.25, 0.3) is 0 Å². The molecule has 2 aromatic rings. The third kappa shape index (κ3) is 2.64. The molecule has 0 saturated carbocycles. The smallest absolute Gasteiger partial charge is 0.209 e. The highest BCUT2D eigenvalue weighted by atomic mass is 16.5. The van der Waals surface area contributed by atoms with Crippen molar-refractivity contribution >= 4 is 16.8 Å². The van der Waals surface area contributed by atoms with Gasteiger partial charge in [0.2, 0.25) is 5.89 Å². The molecule has 0 amide bonds. The quantitative estimate of drug-likeness (QED) is 0.853. The van der Waals surface area contributed by atoms with Gasteiger partial charge in [-0.1, -0.05) is 6.07 Å². The Morgan fingerprint density at radius 1 is 1.45 bits per heavy atom. The van der Waals surface area contributed by atoms with Crippen LogP contribution in [0.4, 0.5) is 5.69 Å². The number of hydrogen-bond donors (Lipinski definition) is 1. The summed E-state index contributed by atoms with van der Waals surface area (Å²) in [6.45, 7) is 8.76. The van der Waals surface area contributed by atoms with E-state index in [1.165, 1.54) is 0 Å². The standard InChI is InChI=1S/C15H21N3O2/c1-10-7-18(9-15(2,3)20-10)8-13-17-14-11(16)5-4-6-12(14)19-13/h4-6,10H,7-9,16H2,1-3H3. The fourth-order valence-corrected chi connectivity index (χ4v) is 2.98. The van der Waals surface area contributed by atoms with Crippen molar-refractivity contribution in [1.29, 1.82) is 0 Å². The highest BCUT2D eigenvalue weighted by Crippen LogP contribution is 2.25. The molecule has 0 aliphatic carbocycles. The van der Waals surface area contributed by atoms with Crippen LogP contribution in [0.15, 0.2) is 22.6 Å².